The lowest BCUT2D eigenvalue weighted by molar-refractivity contribution is -0.123. The molecule has 4 rings (SSSR count). The number of imidazole rings is 1. The summed E-state index contributed by atoms with van der Waals surface area (Å²) in [6, 6.07) is 6.42. The van der Waals surface area contributed by atoms with Crippen LogP contribution in [0, 0.1) is 5.92 Å². The summed E-state index contributed by atoms with van der Waals surface area (Å²) >= 11 is 0. The summed E-state index contributed by atoms with van der Waals surface area (Å²) in [7, 11) is 0. The fraction of sp³-hybridized carbons (Fsp3) is 0.577. The molecule has 8 heteroatoms. The standard InChI is InChI=1S/C26H38N6O2/c1-4-5-6-23-29-24-20-17-19(7-8-21(20)28-26(27)25(24)30-23)32-12-10-31(11-13-32)14-16-34-15-9-22(33)18(2)3/h7-8,17-18H,4-6,9-16H2,1-3H3,(H2,27,28)(H,29,30). The zero-order valence-electron chi connectivity index (χ0n) is 20.8. The number of nitrogens with one attached hydrogen (secondary N) is 1. The maximum atomic E-state index is 11.7. The molecule has 0 unspecified atom stereocenters. The number of anilines is 2. The van der Waals surface area contributed by atoms with E-state index in [0.717, 1.165) is 79.7 Å². The van der Waals surface area contributed by atoms with Crippen molar-refractivity contribution in [2.45, 2.75) is 46.5 Å². The highest BCUT2D eigenvalue weighted by Crippen LogP contribution is 2.30. The van der Waals surface area contributed by atoms with Crippen LogP contribution >= 0.6 is 0 Å². The molecule has 1 fully saturated rings. The lowest BCUT2D eigenvalue weighted by Crippen LogP contribution is -2.47. The van der Waals surface area contributed by atoms with Gasteiger partial charge in [-0.3, -0.25) is 9.69 Å². The number of piperazine rings is 1. The van der Waals surface area contributed by atoms with E-state index < -0.39 is 0 Å². The summed E-state index contributed by atoms with van der Waals surface area (Å²) < 4.78 is 5.69. The van der Waals surface area contributed by atoms with Crippen LogP contribution in [0.4, 0.5) is 11.5 Å². The molecule has 1 aliphatic rings. The number of ketones is 1. The molecule has 3 N–H and O–H groups in total. The predicted octanol–water partition coefficient (Wildman–Crippen LogP) is 3.79. The number of carbonyl (C=O) groups excluding carboxylic acids is 1. The molecule has 3 aromatic rings. The Kier molecular flexibility index (Phi) is 8.00. The van der Waals surface area contributed by atoms with Gasteiger partial charge in [0.25, 0.3) is 0 Å². The van der Waals surface area contributed by atoms with Crippen LogP contribution in [-0.2, 0) is 16.0 Å². The predicted molar refractivity (Wildman–Crippen MR) is 138 cm³/mol. The second kappa shape index (κ2) is 11.1. The minimum Gasteiger partial charge on any atom is -0.382 e. The second-order valence-corrected chi connectivity index (χ2v) is 9.52. The Morgan fingerprint density at radius 2 is 1.97 bits per heavy atom. The SMILES string of the molecule is CCCCc1nc2c(N)nc3ccc(N4CCN(CCOCCC(=O)C(C)C)CC4)cc3c2[nH]1. The molecule has 0 amide bonds. The Labute approximate surface area is 201 Å². The number of hydrogen-bond donors (Lipinski definition) is 2. The van der Waals surface area contributed by atoms with E-state index in [1.54, 1.807) is 0 Å². The molecule has 0 atom stereocenters. The average molecular weight is 467 g/mol. The molecule has 1 aromatic carbocycles. The lowest BCUT2D eigenvalue weighted by atomic mass is 10.1. The van der Waals surface area contributed by atoms with Crippen molar-refractivity contribution in [3.63, 3.8) is 0 Å². The largest absolute Gasteiger partial charge is 0.382 e. The number of aromatic amines is 1. The van der Waals surface area contributed by atoms with Gasteiger partial charge in [0.2, 0.25) is 0 Å². The number of nitrogens with zero attached hydrogens (tertiary/aromatic N) is 4. The van der Waals surface area contributed by atoms with Gasteiger partial charge >= 0.3 is 0 Å². The first-order chi connectivity index (χ1) is 16.5. The van der Waals surface area contributed by atoms with Crippen molar-refractivity contribution < 1.29 is 9.53 Å². The van der Waals surface area contributed by atoms with Crippen LogP contribution in [-0.4, -0.2) is 71.6 Å². The summed E-state index contributed by atoms with van der Waals surface area (Å²) in [5, 5.41) is 1.07. The van der Waals surface area contributed by atoms with Gasteiger partial charge in [-0.25, -0.2) is 9.97 Å². The number of ether oxygens (including phenoxy) is 1. The molecule has 3 heterocycles. The van der Waals surface area contributed by atoms with Gasteiger partial charge in [-0.1, -0.05) is 27.2 Å². The van der Waals surface area contributed by atoms with Gasteiger partial charge in [-0.05, 0) is 24.6 Å². The van der Waals surface area contributed by atoms with E-state index in [1.807, 2.05) is 13.8 Å². The third-order valence-corrected chi connectivity index (χ3v) is 6.68. The van der Waals surface area contributed by atoms with E-state index >= 15 is 0 Å². The highest BCUT2D eigenvalue weighted by molar-refractivity contribution is 6.07. The summed E-state index contributed by atoms with van der Waals surface area (Å²) in [6.07, 6.45) is 3.66. The molecule has 0 bridgehead atoms. The smallest absolute Gasteiger partial charge is 0.152 e. The summed E-state index contributed by atoms with van der Waals surface area (Å²) in [5.41, 5.74) is 10.1. The van der Waals surface area contributed by atoms with Crippen LogP contribution in [0.2, 0.25) is 0 Å². The zero-order valence-corrected chi connectivity index (χ0v) is 20.8. The van der Waals surface area contributed by atoms with Crippen molar-refractivity contribution in [1.29, 1.82) is 0 Å². The van der Waals surface area contributed by atoms with Gasteiger partial charge in [0, 0.05) is 62.6 Å². The molecule has 1 saturated heterocycles. The Hall–Kier alpha value is -2.71. The number of nitrogens with two attached hydrogens (primary N) is 1. The van der Waals surface area contributed by atoms with Gasteiger partial charge < -0.3 is 20.4 Å². The molecule has 8 nitrogen and oxygen atoms in total. The quantitative estimate of drug-likeness (QED) is 0.415. The number of rotatable bonds is 11. The van der Waals surface area contributed by atoms with Crippen molar-refractivity contribution in [3.05, 3.63) is 24.0 Å². The molecule has 184 valence electrons. The Bertz CT molecular complexity index is 1120. The molecular formula is C26H38N6O2. The monoisotopic (exact) mass is 466 g/mol. The number of fused-ring (bicyclic) bond motifs is 3. The first kappa shape index (κ1) is 24.4. The van der Waals surface area contributed by atoms with E-state index in [-0.39, 0.29) is 11.7 Å². The number of benzene rings is 1. The number of aromatic nitrogens is 3. The maximum absolute atomic E-state index is 11.7. The zero-order chi connectivity index (χ0) is 24.1. The number of pyridine rings is 1. The number of unbranched alkanes of at least 4 members (excludes halogenated alkanes) is 1. The van der Waals surface area contributed by atoms with Crippen LogP contribution in [0.3, 0.4) is 0 Å². The highest BCUT2D eigenvalue weighted by atomic mass is 16.5. The molecule has 0 radical (unpaired) electrons. The summed E-state index contributed by atoms with van der Waals surface area (Å²) in [4.78, 5) is 29.4. The maximum Gasteiger partial charge on any atom is 0.152 e. The lowest BCUT2D eigenvalue weighted by Gasteiger charge is -2.36. The van der Waals surface area contributed by atoms with Gasteiger partial charge in [0.1, 0.15) is 17.1 Å². The third-order valence-electron chi connectivity index (χ3n) is 6.68. The number of Topliss-reactive ketones (excluding diaryl/α,β-unsaturated/α-hetero) is 1. The van der Waals surface area contributed by atoms with Crippen molar-refractivity contribution in [2.24, 2.45) is 5.92 Å². The number of aryl methyl sites for hydroxylation is 1. The van der Waals surface area contributed by atoms with Gasteiger partial charge in [-0.15, -0.1) is 0 Å². The van der Waals surface area contributed by atoms with Crippen molar-refractivity contribution in [1.82, 2.24) is 19.9 Å². The first-order valence-corrected chi connectivity index (χ1v) is 12.6. The topological polar surface area (TPSA) is 100 Å². The van der Waals surface area contributed by atoms with Crippen LogP contribution in [0.25, 0.3) is 21.9 Å². The first-order valence-electron chi connectivity index (χ1n) is 12.6. The van der Waals surface area contributed by atoms with E-state index in [2.05, 4.69) is 44.9 Å². The number of H-pyrrole nitrogens is 1. The van der Waals surface area contributed by atoms with E-state index in [1.165, 1.54) is 5.69 Å². The molecule has 0 saturated carbocycles. The fourth-order valence-corrected chi connectivity index (χ4v) is 4.45. The number of hydrogen-bond acceptors (Lipinski definition) is 7. The minimum atomic E-state index is 0.0902. The van der Waals surface area contributed by atoms with Crippen molar-refractivity contribution in [2.75, 3.05) is 56.6 Å². The van der Waals surface area contributed by atoms with Crippen LogP contribution in [0.1, 0.15) is 45.9 Å². The third kappa shape index (κ3) is 5.67. The Morgan fingerprint density at radius 3 is 2.71 bits per heavy atom. The van der Waals surface area contributed by atoms with Gasteiger partial charge in [-0.2, -0.15) is 0 Å². The highest BCUT2D eigenvalue weighted by Gasteiger charge is 2.19. The van der Waals surface area contributed by atoms with E-state index in [4.69, 9.17) is 15.5 Å². The van der Waals surface area contributed by atoms with Gasteiger partial charge in [0.15, 0.2) is 5.82 Å². The summed E-state index contributed by atoms with van der Waals surface area (Å²) in [6.45, 7) is 12.1. The average Bonchev–Trinajstić information content (AvgIpc) is 3.28. The van der Waals surface area contributed by atoms with E-state index in [9.17, 15) is 4.79 Å². The molecule has 2 aromatic heterocycles. The molecule has 0 aliphatic carbocycles. The van der Waals surface area contributed by atoms with Gasteiger partial charge in [0.05, 0.1) is 24.2 Å². The van der Waals surface area contributed by atoms with Crippen LogP contribution < -0.4 is 10.6 Å². The fourth-order valence-electron chi connectivity index (χ4n) is 4.45. The molecule has 34 heavy (non-hydrogen) atoms. The number of carbonyl (C=O) groups is 1. The van der Waals surface area contributed by atoms with Crippen molar-refractivity contribution >= 4 is 39.2 Å². The molecule has 1 aliphatic heterocycles. The second-order valence-electron chi connectivity index (χ2n) is 9.52. The molecular weight excluding hydrogens is 428 g/mol. The van der Waals surface area contributed by atoms with Crippen molar-refractivity contribution in [3.8, 4) is 0 Å². The Balaban J connectivity index is 1.36. The summed E-state index contributed by atoms with van der Waals surface area (Å²) in [5.74, 6) is 1.82. The minimum absolute atomic E-state index is 0.0902. The Morgan fingerprint density at radius 1 is 1.18 bits per heavy atom. The molecule has 0 spiro atoms. The number of nitrogen functional groups attached to an aromatic ring is 1. The van der Waals surface area contributed by atoms with Crippen LogP contribution in [0.5, 0.6) is 0 Å². The van der Waals surface area contributed by atoms with E-state index in [0.29, 0.717) is 25.5 Å². The normalized spacial score (nSPS) is 15.1. The van der Waals surface area contributed by atoms with Crippen LogP contribution in [0.15, 0.2) is 18.2 Å².